The molecule has 0 saturated carbocycles. The lowest BCUT2D eigenvalue weighted by Crippen LogP contribution is -2.02. The maximum absolute atomic E-state index is 5.57. The third-order valence-corrected chi connectivity index (χ3v) is 2.41. The lowest BCUT2D eigenvalue weighted by Gasteiger charge is -2.08. The number of hydrogen-bond acceptors (Lipinski definition) is 5. The lowest BCUT2D eigenvalue weighted by atomic mass is 10.1. The molecule has 3 N–H and O–H groups in total. The standard InChI is InChI=1S/C11H19N5/c1-5-7(2)6-14-9-8(3)15-11(12)16-10(9)13-4/h6-7H,5H2,1-4H3,(H3,12,13,15,16). The second-order valence-electron chi connectivity index (χ2n) is 3.78. The monoisotopic (exact) mass is 221 g/mol. The summed E-state index contributed by atoms with van der Waals surface area (Å²) in [5, 5.41) is 2.97. The zero-order valence-electron chi connectivity index (χ0n) is 10.3. The first-order valence-electron chi connectivity index (χ1n) is 5.44. The van der Waals surface area contributed by atoms with Gasteiger partial charge in [-0.25, -0.2) is 4.98 Å². The Bertz CT molecular complexity index is 386. The molecule has 5 heteroatoms. The van der Waals surface area contributed by atoms with Crippen molar-refractivity contribution in [3.8, 4) is 0 Å². The first kappa shape index (κ1) is 12.4. The second kappa shape index (κ2) is 5.44. The van der Waals surface area contributed by atoms with Crippen molar-refractivity contribution >= 4 is 23.7 Å². The predicted octanol–water partition coefficient (Wildman–Crippen LogP) is 2.16. The minimum Gasteiger partial charge on any atom is -0.371 e. The van der Waals surface area contributed by atoms with Gasteiger partial charge in [0, 0.05) is 13.3 Å². The fourth-order valence-electron chi connectivity index (χ4n) is 1.22. The SMILES string of the molecule is CCC(C)C=Nc1c(C)nc(N)nc1NC. The maximum Gasteiger partial charge on any atom is 0.222 e. The van der Waals surface area contributed by atoms with Crippen molar-refractivity contribution in [1.82, 2.24) is 9.97 Å². The van der Waals surface area contributed by atoms with Gasteiger partial charge in [-0.15, -0.1) is 0 Å². The third-order valence-electron chi connectivity index (χ3n) is 2.41. The molecule has 5 nitrogen and oxygen atoms in total. The van der Waals surface area contributed by atoms with E-state index in [0.29, 0.717) is 11.7 Å². The number of aryl methyl sites for hydroxylation is 1. The van der Waals surface area contributed by atoms with Gasteiger partial charge >= 0.3 is 0 Å². The first-order valence-corrected chi connectivity index (χ1v) is 5.44. The highest BCUT2D eigenvalue weighted by molar-refractivity contribution is 5.73. The average molecular weight is 221 g/mol. The molecule has 1 unspecified atom stereocenters. The third kappa shape index (κ3) is 2.92. The van der Waals surface area contributed by atoms with E-state index >= 15 is 0 Å². The molecule has 16 heavy (non-hydrogen) atoms. The van der Waals surface area contributed by atoms with Crippen molar-refractivity contribution in [1.29, 1.82) is 0 Å². The van der Waals surface area contributed by atoms with Gasteiger partial charge in [-0.3, -0.25) is 4.99 Å². The molecule has 88 valence electrons. The fraction of sp³-hybridized carbons (Fsp3) is 0.545. The first-order chi connectivity index (χ1) is 7.58. The molecule has 1 aromatic rings. The number of hydrogen-bond donors (Lipinski definition) is 2. The number of nitrogens with zero attached hydrogens (tertiary/aromatic N) is 3. The van der Waals surface area contributed by atoms with E-state index in [2.05, 4.69) is 34.1 Å². The van der Waals surface area contributed by atoms with Crippen LogP contribution in [0.3, 0.4) is 0 Å². The maximum atomic E-state index is 5.57. The van der Waals surface area contributed by atoms with Gasteiger partial charge in [0.05, 0.1) is 5.69 Å². The quantitative estimate of drug-likeness (QED) is 0.764. The van der Waals surface area contributed by atoms with E-state index in [-0.39, 0.29) is 5.95 Å². The summed E-state index contributed by atoms with van der Waals surface area (Å²) in [4.78, 5) is 12.6. The molecule has 1 rings (SSSR count). The number of rotatable bonds is 4. The predicted molar refractivity (Wildman–Crippen MR) is 68.3 cm³/mol. The van der Waals surface area contributed by atoms with Gasteiger partial charge in [0.1, 0.15) is 5.69 Å². The van der Waals surface area contributed by atoms with Crippen molar-refractivity contribution in [2.45, 2.75) is 27.2 Å². The Morgan fingerprint density at radius 3 is 2.75 bits per heavy atom. The molecule has 0 spiro atoms. The second-order valence-corrected chi connectivity index (χ2v) is 3.78. The normalized spacial score (nSPS) is 13.0. The van der Waals surface area contributed by atoms with E-state index < -0.39 is 0 Å². The number of nitrogens with two attached hydrogens (primary N) is 1. The van der Waals surface area contributed by atoms with Crippen LogP contribution in [0, 0.1) is 12.8 Å². The fourth-order valence-corrected chi connectivity index (χ4v) is 1.22. The Balaban J connectivity index is 3.07. The van der Waals surface area contributed by atoms with Crippen molar-refractivity contribution in [3.63, 3.8) is 0 Å². The Morgan fingerprint density at radius 1 is 1.50 bits per heavy atom. The largest absolute Gasteiger partial charge is 0.371 e. The van der Waals surface area contributed by atoms with E-state index in [0.717, 1.165) is 17.8 Å². The van der Waals surface area contributed by atoms with Crippen LogP contribution in [0.1, 0.15) is 26.0 Å². The molecule has 1 heterocycles. The summed E-state index contributed by atoms with van der Waals surface area (Å²) in [6.45, 7) is 6.13. The summed E-state index contributed by atoms with van der Waals surface area (Å²) in [6, 6.07) is 0. The van der Waals surface area contributed by atoms with Crippen LogP contribution in [0.5, 0.6) is 0 Å². The van der Waals surface area contributed by atoms with Crippen LogP contribution in [-0.4, -0.2) is 23.2 Å². The summed E-state index contributed by atoms with van der Waals surface area (Å²) in [5.41, 5.74) is 7.12. The Morgan fingerprint density at radius 2 is 2.19 bits per heavy atom. The Kier molecular flexibility index (Phi) is 4.22. The minimum absolute atomic E-state index is 0.268. The summed E-state index contributed by atoms with van der Waals surface area (Å²) >= 11 is 0. The van der Waals surface area contributed by atoms with Gasteiger partial charge in [-0.05, 0) is 19.3 Å². The van der Waals surface area contributed by atoms with Crippen LogP contribution in [0.25, 0.3) is 0 Å². The highest BCUT2D eigenvalue weighted by atomic mass is 15.1. The van der Waals surface area contributed by atoms with E-state index in [1.165, 1.54) is 0 Å². The number of anilines is 2. The van der Waals surface area contributed by atoms with E-state index in [9.17, 15) is 0 Å². The molecule has 0 saturated heterocycles. The van der Waals surface area contributed by atoms with E-state index in [4.69, 9.17) is 5.73 Å². The van der Waals surface area contributed by atoms with E-state index in [1.807, 2.05) is 13.1 Å². The van der Waals surface area contributed by atoms with Crippen molar-refractivity contribution < 1.29 is 0 Å². The van der Waals surface area contributed by atoms with Crippen LogP contribution >= 0.6 is 0 Å². The van der Waals surface area contributed by atoms with Crippen molar-refractivity contribution in [3.05, 3.63) is 5.69 Å². The van der Waals surface area contributed by atoms with Crippen molar-refractivity contribution in [2.24, 2.45) is 10.9 Å². The van der Waals surface area contributed by atoms with Crippen LogP contribution < -0.4 is 11.1 Å². The van der Waals surface area contributed by atoms with Crippen LogP contribution in [0.15, 0.2) is 4.99 Å². The molecule has 0 aliphatic heterocycles. The average Bonchev–Trinajstić information content (AvgIpc) is 2.26. The van der Waals surface area contributed by atoms with Crippen molar-refractivity contribution in [2.75, 3.05) is 18.1 Å². The zero-order valence-corrected chi connectivity index (χ0v) is 10.3. The van der Waals surface area contributed by atoms with Gasteiger partial charge in [0.15, 0.2) is 5.82 Å². The van der Waals surface area contributed by atoms with Crippen LogP contribution in [0.4, 0.5) is 17.5 Å². The molecule has 0 aromatic carbocycles. The minimum atomic E-state index is 0.268. The summed E-state index contributed by atoms with van der Waals surface area (Å²) in [6.07, 6.45) is 2.98. The smallest absolute Gasteiger partial charge is 0.222 e. The van der Waals surface area contributed by atoms with Gasteiger partial charge in [0.2, 0.25) is 5.95 Å². The molecule has 0 fully saturated rings. The molecule has 0 amide bonds. The molecule has 0 radical (unpaired) electrons. The molecule has 0 aliphatic rings. The van der Waals surface area contributed by atoms with Gasteiger partial charge in [-0.1, -0.05) is 13.8 Å². The van der Waals surface area contributed by atoms with Crippen LogP contribution in [0.2, 0.25) is 0 Å². The molecule has 1 atom stereocenters. The molecule has 0 bridgehead atoms. The summed E-state index contributed by atoms with van der Waals surface area (Å²) in [5.74, 6) is 1.38. The number of nitrogens with one attached hydrogen (secondary N) is 1. The van der Waals surface area contributed by atoms with E-state index in [1.54, 1.807) is 7.05 Å². The molecule has 0 aliphatic carbocycles. The van der Waals surface area contributed by atoms with Gasteiger partial charge in [0.25, 0.3) is 0 Å². The molecule has 1 aromatic heterocycles. The Labute approximate surface area is 96.2 Å². The molecular weight excluding hydrogens is 202 g/mol. The highest BCUT2D eigenvalue weighted by Crippen LogP contribution is 2.26. The summed E-state index contributed by atoms with van der Waals surface area (Å²) < 4.78 is 0. The number of aliphatic imine (C=N–C) groups is 1. The number of nitrogen functional groups attached to an aromatic ring is 1. The summed E-state index contributed by atoms with van der Waals surface area (Å²) in [7, 11) is 1.80. The van der Waals surface area contributed by atoms with Gasteiger partial charge < -0.3 is 11.1 Å². The zero-order chi connectivity index (χ0) is 12.1. The highest BCUT2D eigenvalue weighted by Gasteiger charge is 2.07. The number of aromatic nitrogens is 2. The Hall–Kier alpha value is -1.65. The lowest BCUT2D eigenvalue weighted by molar-refractivity contribution is 0.754. The van der Waals surface area contributed by atoms with Crippen LogP contribution in [-0.2, 0) is 0 Å². The van der Waals surface area contributed by atoms with Gasteiger partial charge in [-0.2, -0.15) is 4.98 Å². The molecular formula is C11H19N5. The topological polar surface area (TPSA) is 76.2 Å².